The molecule has 2 unspecified atom stereocenters. The van der Waals surface area contributed by atoms with Crippen LogP contribution >= 0.6 is 0 Å². The minimum atomic E-state index is -1.07. The van der Waals surface area contributed by atoms with E-state index in [2.05, 4.69) is 49.1 Å². The van der Waals surface area contributed by atoms with Crippen molar-refractivity contribution in [3.63, 3.8) is 0 Å². The van der Waals surface area contributed by atoms with Gasteiger partial charge in [-0.2, -0.15) is 5.26 Å². The summed E-state index contributed by atoms with van der Waals surface area (Å²) in [6.45, 7) is 6.29. The number of rotatable bonds is 12. The summed E-state index contributed by atoms with van der Waals surface area (Å²) in [6, 6.07) is 17.1. The molecule has 0 aliphatic heterocycles. The van der Waals surface area contributed by atoms with E-state index in [1.807, 2.05) is 6.07 Å². The molecule has 0 spiro atoms. The highest BCUT2D eigenvalue weighted by molar-refractivity contribution is 5.38. The van der Waals surface area contributed by atoms with Crippen molar-refractivity contribution in [2.24, 2.45) is 5.92 Å². The number of nitrogens with zero attached hydrogens (tertiary/aromatic N) is 2. The Kier molecular flexibility index (Phi) is 8.21. The molecule has 0 radical (unpaired) electrons. The predicted octanol–water partition coefficient (Wildman–Crippen LogP) is 6.65. The zero-order valence-corrected chi connectivity index (χ0v) is 18.8. The molecule has 2 atom stereocenters. The highest BCUT2D eigenvalue weighted by Crippen LogP contribution is 2.51. The van der Waals surface area contributed by atoms with E-state index < -0.39 is 17.0 Å². The molecule has 166 valence electrons. The molecule has 0 saturated heterocycles. The fraction of sp³-hybridized carbons (Fsp3) is 0.519. The summed E-state index contributed by atoms with van der Waals surface area (Å²) in [7, 11) is 0. The lowest BCUT2D eigenvalue weighted by Crippen LogP contribution is -2.39. The van der Waals surface area contributed by atoms with Crippen LogP contribution in [-0.4, -0.2) is 24.0 Å². The van der Waals surface area contributed by atoms with E-state index in [1.54, 1.807) is 0 Å². The van der Waals surface area contributed by atoms with Crippen LogP contribution < -0.4 is 0 Å². The Morgan fingerprint density at radius 3 is 2.26 bits per heavy atom. The van der Waals surface area contributed by atoms with Crippen molar-refractivity contribution in [2.45, 2.75) is 70.3 Å². The van der Waals surface area contributed by atoms with E-state index in [-0.39, 0.29) is 11.5 Å². The lowest BCUT2D eigenvalue weighted by molar-refractivity contribution is 0.171. The van der Waals surface area contributed by atoms with Crippen molar-refractivity contribution < 1.29 is 8.78 Å². The van der Waals surface area contributed by atoms with E-state index in [0.717, 1.165) is 51.6 Å². The van der Waals surface area contributed by atoms with Crippen molar-refractivity contribution in [3.8, 4) is 6.07 Å². The van der Waals surface area contributed by atoms with Gasteiger partial charge in [-0.3, -0.25) is 0 Å². The third kappa shape index (κ3) is 5.52. The van der Waals surface area contributed by atoms with Gasteiger partial charge in [0.2, 0.25) is 0 Å². The Morgan fingerprint density at radius 2 is 1.71 bits per heavy atom. The minimum absolute atomic E-state index is 0.0128. The van der Waals surface area contributed by atoms with Gasteiger partial charge in [-0.05, 0) is 75.1 Å². The predicted molar refractivity (Wildman–Crippen MR) is 122 cm³/mol. The van der Waals surface area contributed by atoms with Crippen LogP contribution in [0.15, 0.2) is 48.5 Å². The normalized spacial score (nSPS) is 16.6. The van der Waals surface area contributed by atoms with Gasteiger partial charge in [0.25, 0.3) is 0 Å². The van der Waals surface area contributed by atoms with Gasteiger partial charge in [-0.25, -0.2) is 8.78 Å². The van der Waals surface area contributed by atoms with Crippen LogP contribution in [0, 0.1) is 28.9 Å². The summed E-state index contributed by atoms with van der Waals surface area (Å²) in [5.41, 5.74) is 0.234. The van der Waals surface area contributed by atoms with Crippen LogP contribution in [0.25, 0.3) is 0 Å². The maximum Gasteiger partial charge on any atom is 0.130 e. The Labute approximate surface area is 185 Å². The fourth-order valence-corrected chi connectivity index (χ4v) is 4.96. The highest BCUT2D eigenvalue weighted by atomic mass is 19.1. The van der Waals surface area contributed by atoms with E-state index in [1.165, 1.54) is 23.8 Å². The fourth-order valence-electron chi connectivity index (χ4n) is 4.96. The quantitative estimate of drug-likeness (QED) is 0.381. The highest BCUT2D eigenvalue weighted by Gasteiger charge is 2.49. The second kappa shape index (κ2) is 10.9. The Morgan fingerprint density at radius 1 is 1.03 bits per heavy atom. The number of hydrogen-bond acceptors (Lipinski definition) is 2. The Balaban J connectivity index is 1.77. The monoisotopic (exact) mass is 424 g/mol. The third-order valence-electron chi connectivity index (χ3n) is 6.78. The maximum absolute atomic E-state index is 14.7. The van der Waals surface area contributed by atoms with Crippen molar-refractivity contribution in [1.29, 1.82) is 5.26 Å². The molecule has 1 saturated carbocycles. The molecule has 2 aromatic rings. The molecule has 3 rings (SSSR count). The van der Waals surface area contributed by atoms with Gasteiger partial charge < -0.3 is 4.90 Å². The Hall–Kier alpha value is -2.25. The number of benzene rings is 2. The lowest BCUT2D eigenvalue weighted by atomic mass is 9.72. The average Bonchev–Trinajstić information content (AvgIpc) is 3.62. The maximum atomic E-state index is 14.7. The molecule has 4 heteroatoms. The molecular weight excluding hydrogens is 390 g/mol. The summed E-state index contributed by atoms with van der Waals surface area (Å²) in [4.78, 5) is 2.50. The first kappa shape index (κ1) is 23.4. The topological polar surface area (TPSA) is 27.0 Å². The van der Waals surface area contributed by atoms with Gasteiger partial charge in [-0.1, -0.05) is 50.2 Å². The van der Waals surface area contributed by atoms with Gasteiger partial charge in [0.1, 0.15) is 11.6 Å². The minimum Gasteiger partial charge on any atom is -0.300 e. The van der Waals surface area contributed by atoms with Gasteiger partial charge in [0.15, 0.2) is 0 Å². The summed E-state index contributed by atoms with van der Waals surface area (Å²) in [6.07, 6.45) is 5.99. The molecule has 0 amide bonds. The van der Waals surface area contributed by atoms with E-state index >= 15 is 0 Å². The first-order valence-corrected chi connectivity index (χ1v) is 11.7. The van der Waals surface area contributed by atoms with Gasteiger partial charge in [-0.15, -0.1) is 0 Å². The van der Waals surface area contributed by atoms with E-state index in [9.17, 15) is 14.0 Å². The summed E-state index contributed by atoms with van der Waals surface area (Å²) in [5, 5.41) is 10.2. The van der Waals surface area contributed by atoms with Crippen LogP contribution in [0.5, 0.6) is 0 Å². The zero-order valence-electron chi connectivity index (χ0n) is 18.8. The van der Waals surface area contributed by atoms with Crippen molar-refractivity contribution in [3.05, 3.63) is 71.3 Å². The van der Waals surface area contributed by atoms with Crippen LogP contribution in [-0.2, 0) is 11.8 Å². The van der Waals surface area contributed by atoms with Crippen molar-refractivity contribution in [1.82, 2.24) is 4.90 Å². The third-order valence-corrected chi connectivity index (χ3v) is 6.78. The zero-order chi connectivity index (χ0) is 22.3. The van der Waals surface area contributed by atoms with Crippen molar-refractivity contribution >= 4 is 0 Å². The van der Waals surface area contributed by atoms with Crippen LogP contribution in [0.4, 0.5) is 8.78 Å². The molecular formula is C27H34F2N2. The molecule has 0 N–H and O–H groups in total. The molecule has 31 heavy (non-hydrogen) atoms. The van der Waals surface area contributed by atoms with E-state index in [0.29, 0.717) is 12.5 Å². The SMILES string of the molecule is CCCN(CCc1ccccc1)C(CC)CCC(C#N)(c1c(F)cccc1F)C1CC1. The van der Waals surface area contributed by atoms with Gasteiger partial charge in [0, 0.05) is 18.2 Å². The first-order valence-electron chi connectivity index (χ1n) is 11.7. The summed E-state index contributed by atoms with van der Waals surface area (Å²) in [5.74, 6) is -1.13. The Bertz CT molecular complexity index is 852. The van der Waals surface area contributed by atoms with Crippen LogP contribution in [0.3, 0.4) is 0 Å². The molecule has 1 aliphatic rings. The molecule has 2 nitrogen and oxygen atoms in total. The molecule has 0 aromatic heterocycles. The molecule has 1 fully saturated rings. The second-order valence-electron chi connectivity index (χ2n) is 8.83. The largest absolute Gasteiger partial charge is 0.300 e. The standard InChI is InChI=1S/C27H34F2N2/c1-3-18-31(19-16-21-9-6-5-7-10-21)23(4-2)15-17-27(20-30,22-13-14-22)26-24(28)11-8-12-25(26)29/h5-12,22-23H,3-4,13-19H2,1-2H3. The number of hydrogen-bond donors (Lipinski definition) is 0. The number of halogens is 2. The summed E-state index contributed by atoms with van der Waals surface area (Å²) < 4.78 is 29.4. The smallest absolute Gasteiger partial charge is 0.130 e. The molecule has 2 aromatic carbocycles. The molecule has 0 heterocycles. The van der Waals surface area contributed by atoms with E-state index in [4.69, 9.17) is 0 Å². The van der Waals surface area contributed by atoms with Crippen LogP contribution in [0.2, 0.25) is 0 Å². The number of nitriles is 1. The molecule has 0 bridgehead atoms. The summed E-state index contributed by atoms with van der Waals surface area (Å²) >= 11 is 0. The lowest BCUT2D eigenvalue weighted by Gasteiger charge is -2.35. The average molecular weight is 425 g/mol. The van der Waals surface area contributed by atoms with Gasteiger partial charge in [0.05, 0.1) is 11.5 Å². The second-order valence-corrected chi connectivity index (χ2v) is 8.83. The van der Waals surface area contributed by atoms with Gasteiger partial charge >= 0.3 is 0 Å². The molecule has 1 aliphatic carbocycles. The van der Waals surface area contributed by atoms with Crippen LogP contribution in [0.1, 0.15) is 63.5 Å². The van der Waals surface area contributed by atoms with Crippen molar-refractivity contribution in [2.75, 3.05) is 13.1 Å². The first-order chi connectivity index (χ1) is 15.1.